The van der Waals surface area contributed by atoms with Crippen molar-refractivity contribution in [3.63, 3.8) is 0 Å². The van der Waals surface area contributed by atoms with Crippen LogP contribution in [0.4, 0.5) is 11.4 Å². The fourth-order valence-electron chi connectivity index (χ4n) is 4.63. The van der Waals surface area contributed by atoms with E-state index in [4.69, 9.17) is 20.9 Å². The van der Waals surface area contributed by atoms with E-state index in [1.807, 2.05) is 19.1 Å². The minimum Gasteiger partial charge on any atom is -0.497 e. The van der Waals surface area contributed by atoms with Crippen LogP contribution in [0.1, 0.15) is 63.0 Å². The first-order chi connectivity index (χ1) is 18.2. The van der Waals surface area contributed by atoms with E-state index in [2.05, 4.69) is 9.69 Å². The van der Waals surface area contributed by atoms with E-state index in [1.54, 1.807) is 30.3 Å². The summed E-state index contributed by atoms with van der Waals surface area (Å²) in [6, 6.07) is 11.1. The number of benzene rings is 2. The molecule has 1 heterocycles. The van der Waals surface area contributed by atoms with Gasteiger partial charge in [0.25, 0.3) is 11.8 Å². The molecule has 0 spiro atoms. The molecule has 2 aromatic carbocycles. The van der Waals surface area contributed by atoms with E-state index < -0.39 is 17.9 Å². The molecule has 1 fully saturated rings. The van der Waals surface area contributed by atoms with Gasteiger partial charge in [0.05, 0.1) is 19.9 Å². The molecule has 1 aromatic heterocycles. The molecule has 0 bridgehead atoms. The summed E-state index contributed by atoms with van der Waals surface area (Å²) in [5.74, 6) is -0.936. The number of hydrogen-bond acceptors (Lipinski definition) is 8. The lowest BCUT2D eigenvalue weighted by molar-refractivity contribution is -0.123. The first kappa shape index (κ1) is 26.9. The number of nitrogens with two attached hydrogens (primary N) is 2. The Morgan fingerprint density at radius 3 is 2.34 bits per heavy atom. The molecule has 0 aliphatic heterocycles. The zero-order valence-electron chi connectivity index (χ0n) is 21.5. The minimum absolute atomic E-state index is 0.0000886. The van der Waals surface area contributed by atoms with Gasteiger partial charge in [0.1, 0.15) is 22.4 Å². The summed E-state index contributed by atoms with van der Waals surface area (Å²) in [4.78, 5) is 41.4. The van der Waals surface area contributed by atoms with Gasteiger partial charge in [0.15, 0.2) is 5.69 Å². The van der Waals surface area contributed by atoms with Crippen LogP contribution in [0.15, 0.2) is 42.5 Å². The number of methoxy groups -OCH3 is 2. The standard InChI is InChI=1S/C27H31N5O5S/c1-15-8-10-17(11-9-15)32(27(35)24-21(28)22(25(29)33)31-38-24)23(26(34)30-16-6-4-5-7-16)19-14-18(36-2)12-13-20(19)37-3/h8-14,16,23H,4-7,28H2,1-3H3,(H2,29,33)(H,30,34). The van der Waals surface area contributed by atoms with Crippen molar-refractivity contribution < 1.29 is 23.9 Å². The number of rotatable bonds is 9. The van der Waals surface area contributed by atoms with Gasteiger partial charge in [-0.15, -0.1) is 0 Å². The molecule has 5 N–H and O–H groups in total. The zero-order valence-corrected chi connectivity index (χ0v) is 22.3. The topological polar surface area (TPSA) is 150 Å². The quantitative estimate of drug-likeness (QED) is 0.377. The molecular formula is C27H31N5O5S. The first-order valence-corrected chi connectivity index (χ1v) is 13.0. The Morgan fingerprint density at radius 1 is 1.08 bits per heavy atom. The molecule has 1 aliphatic rings. The lowest BCUT2D eigenvalue weighted by Gasteiger charge is -2.33. The summed E-state index contributed by atoms with van der Waals surface area (Å²) in [5.41, 5.74) is 13.1. The predicted octanol–water partition coefficient (Wildman–Crippen LogP) is 3.60. The van der Waals surface area contributed by atoms with Crippen molar-refractivity contribution in [2.45, 2.75) is 44.7 Å². The van der Waals surface area contributed by atoms with Gasteiger partial charge >= 0.3 is 0 Å². The Morgan fingerprint density at radius 2 is 1.76 bits per heavy atom. The Bertz CT molecular complexity index is 1330. The number of anilines is 2. The molecular weight excluding hydrogens is 506 g/mol. The van der Waals surface area contributed by atoms with Gasteiger partial charge in [-0.25, -0.2) is 0 Å². The molecule has 200 valence electrons. The highest BCUT2D eigenvalue weighted by atomic mass is 32.1. The Kier molecular flexibility index (Phi) is 8.16. The van der Waals surface area contributed by atoms with Crippen molar-refractivity contribution in [3.05, 3.63) is 64.2 Å². The van der Waals surface area contributed by atoms with E-state index in [-0.39, 0.29) is 28.2 Å². The van der Waals surface area contributed by atoms with Crippen LogP contribution in [-0.4, -0.2) is 42.4 Å². The monoisotopic (exact) mass is 537 g/mol. The number of primary amides is 1. The van der Waals surface area contributed by atoms with Crippen LogP contribution in [0, 0.1) is 6.92 Å². The third kappa shape index (κ3) is 5.42. The third-order valence-corrected chi connectivity index (χ3v) is 7.48. The third-order valence-electron chi connectivity index (χ3n) is 6.63. The zero-order chi connectivity index (χ0) is 27.4. The fourth-order valence-corrected chi connectivity index (χ4v) is 5.37. The maximum atomic E-state index is 14.2. The summed E-state index contributed by atoms with van der Waals surface area (Å²) in [6.07, 6.45) is 3.75. The lowest BCUT2D eigenvalue weighted by Crippen LogP contribution is -2.46. The number of aryl methyl sites for hydroxylation is 1. The van der Waals surface area contributed by atoms with Gasteiger partial charge in [-0.2, -0.15) is 4.37 Å². The number of carbonyl (C=O) groups is 3. The van der Waals surface area contributed by atoms with Crippen LogP contribution in [0.2, 0.25) is 0 Å². The molecule has 0 radical (unpaired) electrons. The highest BCUT2D eigenvalue weighted by Gasteiger charge is 2.38. The fraction of sp³-hybridized carbons (Fsp3) is 0.333. The Hall–Kier alpha value is -4.12. The molecule has 1 atom stereocenters. The van der Waals surface area contributed by atoms with Gasteiger partial charge in [0, 0.05) is 17.3 Å². The van der Waals surface area contributed by atoms with Crippen LogP contribution >= 0.6 is 11.5 Å². The molecule has 3 amide bonds. The number of aromatic nitrogens is 1. The molecule has 3 aromatic rings. The molecule has 4 rings (SSSR count). The normalized spacial score (nSPS) is 14.1. The van der Waals surface area contributed by atoms with Crippen LogP contribution in [-0.2, 0) is 4.79 Å². The second-order valence-corrected chi connectivity index (χ2v) is 9.92. The molecule has 1 saturated carbocycles. The number of ether oxygens (including phenoxy) is 2. The van der Waals surface area contributed by atoms with Gasteiger partial charge in [-0.3, -0.25) is 19.3 Å². The first-order valence-electron chi connectivity index (χ1n) is 12.2. The molecule has 10 nitrogen and oxygen atoms in total. The number of amides is 3. The summed E-state index contributed by atoms with van der Waals surface area (Å²) < 4.78 is 15.1. The molecule has 1 aliphatic carbocycles. The highest BCUT2D eigenvalue weighted by molar-refractivity contribution is 7.09. The van der Waals surface area contributed by atoms with E-state index in [0.29, 0.717) is 22.7 Å². The Balaban J connectivity index is 1.92. The maximum Gasteiger partial charge on any atom is 0.273 e. The van der Waals surface area contributed by atoms with E-state index in [1.165, 1.54) is 19.1 Å². The van der Waals surface area contributed by atoms with Crippen molar-refractivity contribution in [2.75, 3.05) is 24.9 Å². The predicted molar refractivity (Wildman–Crippen MR) is 146 cm³/mol. The summed E-state index contributed by atoms with van der Waals surface area (Å²) in [5, 5.41) is 3.13. The summed E-state index contributed by atoms with van der Waals surface area (Å²) in [6.45, 7) is 1.92. The van der Waals surface area contributed by atoms with Crippen molar-refractivity contribution >= 4 is 40.6 Å². The van der Waals surface area contributed by atoms with Crippen molar-refractivity contribution in [2.24, 2.45) is 5.73 Å². The van der Waals surface area contributed by atoms with Crippen LogP contribution in [0.5, 0.6) is 11.5 Å². The molecule has 1 unspecified atom stereocenters. The average Bonchev–Trinajstić information content (AvgIpc) is 3.56. The van der Waals surface area contributed by atoms with E-state index >= 15 is 0 Å². The van der Waals surface area contributed by atoms with Gasteiger partial charge in [-0.1, -0.05) is 30.5 Å². The molecule has 38 heavy (non-hydrogen) atoms. The van der Waals surface area contributed by atoms with Crippen LogP contribution in [0.25, 0.3) is 0 Å². The number of carbonyl (C=O) groups excluding carboxylic acids is 3. The number of nitrogens with one attached hydrogen (secondary N) is 1. The Labute approximate surface area is 225 Å². The maximum absolute atomic E-state index is 14.2. The number of nitrogen functional groups attached to an aromatic ring is 1. The van der Waals surface area contributed by atoms with Crippen LogP contribution in [0.3, 0.4) is 0 Å². The summed E-state index contributed by atoms with van der Waals surface area (Å²) in [7, 11) is 3.01. The smallest absolute Gasteiger partial charge is 0.273 e. The number of nitrogens with zero attached hydrogens (tertiary/aromatic N) is 2. The number of hydrogen-bond donors (Lipinski definition) is 3. The molecule has 11 heteroatoms. The highest BCUT2D eigenvalue weighted by Crippen LogP contribution is 2.38. The second-order valence-electron chi connectivity index (χ2n) is 9.15. The van der Waals surface area contributed by atoms with E-state index in [0.717, 1.165) is 42.8 Å². The van der Waals surface area contributed by atoms with Gasteiger partial charge in [-0.05, 0) is 61.6 Å². The SMILES string of the molecule is COc1ccc(OC)c(C(C(=O)NC2CCCC2)N(C(=O)c2snc(C(N)=O)c2N)c2ccc(C)cc2)c1. The van der Waals surface area contributed by atoms with Gasteiger partial charge in [0.2, 0.25) is 5.91 Å². The van der Waals surface area contributed by atoms with Gasteiger partial charge < -0.3 is 26.3 Å². The molecule has 0 saturated heterocycles. The largest absolute Gasteiger partial charge is 0.497 e. The van der Waals surface area contributed by atoms with E-state index in [9.17, 15) is 14.4 Å². The average molecular weight is 538 g/mol. The lowest BCUT2D eigenvalue weighted by atomic mass is 10.00. The van der Waals surface area contributed by atoms with Crippen LogP contribution < -0.4 is 31.2 Å². The van der Waals surface area contributed by atoms with Crippen molar-refractivity contribution in [1.82, 2.24) is 9.69 Å². The van der Waals surface area contributed by atoms with Crippen molar-refractivity contribution in [3.8, 4) is 11.5 Å². The summed E-state index contributed by atoms with van der Waals surface area (Å²) >= 11 is 0.759. The minimum atomic E-state index is -1.16. The van der Waals surface area contributed by atoms with Crippen molar-refractivity contribution in [1.29, 1.82) is 0 Å². The second kappa shape index (κ2) is 11.5.